The monoisotopic (exact) mass is 502 g/mol. The average molecular weight is 503 g/mol. The van der Waals surface area contributed by atoms with Crippen LogP contribution in [-0.4, -0.2) is 35.9 Å². The summed E-state index contributed by atoms with van der Waals surface area (Å²) < 4.78 is 18.3. The third kappa shape index (κ3) is 3.96. The molecule has 0 aromatic rings. The van der Waals surface area contributed by atoms with Gasteiger partial charge >= 0.3 is 11.9 Å². The maximum atomic E-state index is 12.3. The number of carbonyl (C=O) groups excluding carboxylic acids is 2. The van der Waals surface area contributed by atoms with Crippen LogP contribution in [0.1, 0.15) is 113 Å². The van der Waals surface area contributed by atoms with E-state index in [1.165, 1.54) is 58.8 Å². The molecule has 0 radical (unpaired) electrons. The van der Waals surface area contributed by atoms with Crippen LogP contribution in [0.2, 0.25) is 0 Å². The number of epoxide rings is 1. The number of hydrogen-bond donors (Lipinski definition) is 0. The summed E-state index contributed by atoms with van der Waals surface area (Å²) in [5.41, 5.74) is -0.146. The van der Waals surface area contributed by atoms with Crippen LogP contribution in [0, 0.1) is 46.3 Å². The van der Waals surface area contributed by atoms with Crippen molar-refractivity contribution in [2.45, 2.75) is 137 Å². The van der Waals surface area contributed by atoms with E-state index >= 15 is 0 Å². The summed E-state index contributed by atoms with van der Waals surface area (Å²) in [5.74, 6) is 3.76. The van der Waals surface area contributed by atoms with E-state index in [0.717, 1.165) is 37.0 Å². The van der Waals surface area contributed by atoms with E-state index in [4.69, 9.17) is 14.2 Å². The molecule has 0 bridgehead atoms. The lowest BCUT2D eigenvalue weighted by atomic mass is 9.43. The lowest BCUT2D eigenvalue weighted by molar-refractivity contribution is -0.190. The molecule has 36 heavy (non-hydrogen) atoms. The molecule has 5 fully saturated rings. The molecule has 5 heteroatoms. The van der Waals surface area contributed by atoms with Gasteiger partial charge in [-0.2, -0.15) is 0 Å². The van der Waals surface area contributed by atoms with Gasteiger partial charge in [0.25, 0.3) is 0 Å². The summed E-state index contributed by atoms with van der Waals surface area (Å²) in [7, 11) is 0. The zero-order chi connectivity index (χ0) is 26.0. The highest BCUT2D eigenvalue weighted by atomic mass is 16.7. The van der Waals surface area contributed by atoms with Gasteiger partial charge in [-0.15, -0.1) is 0 Å². The van der Waals surface area contributed by atoms with Gasteiger partial charge in [-0.3, -0.25) is 9.59 Å². The van der Waals surface area contributed by atoms with Gasteiger partial charge in [0.2, 0.25) is 0 Å². The number of rotatable bonds is 7. The van der Waals surface area contributed by atoms with Crippen LogP contribution in [0.4, 0.5) is 0 Å². The zero-order valence-electron chi connectivity index (χ0n) is 23.8. The molecule has 0 aromatic carbocycles. The quantitative estimate of drug-likeness (QED) is 0.286. The van der Waals surface area contributed by atoms with Crippen LogP contribution in [0.5, 0.6) is 0 Å². The van der Waals surface area contributed by atoms with Crippen LogP contribution < -0.4 is 0 Å². The van der Waals surface area contributed by atoms with Gasteiger partial charge in [-0.05, 0) is 85.9 Å². The second-order valence-electron chi connectivity index (χ2n) is 14.2. The topological polar surface area (TPSA) is 65.1 Å². The third-order valence-corrected chi connectivity index (χ3v) is 11.9. The highest BCUT2D eigenvalue weighted by Crippen LogP contribution is 2.74. The molecule has 11 atom stereocenters. The smallest absolute Gasteiger partial charge is 0.303 e. The fraction of sp³-hybridized carbons (Fsp3) is 0.935. The largest absolute Gasteiger partial charge is 0.460 e. The van der Waals surface area contributed by atoms with Crippen LogP contribution in [0.25, 0.3) is 0 Å². The summed E-state index contributed by atoms with van der Waals surface area (Å²) in [6.45, 7) is 15.2. The predicted octanol–water partition coefficient (Wildman–Crippen LogP) is 6.71. The highest BCUT2D eigenvalue weighted by molar-refractivity contribution is 5.67. The van der Waals surface area contributed by atoms with Crippen LogP contribution >= 0.6 is 0 Å². The van der Waals surface area contributed by atoms with Gasteiger partial charge in [0.1, 0.15) is 23.9 Å². The number of fused-ring (bicyclic) bond motifs is 4. The molecule has 1 spiro atoms. The SMILES string of the molecule is CC(=O)O[C@H]1CC[C@]2(C)[C@@H]3CC[C@]4(C)[C@@H]([C@H](C)CCCC(C)C)CC[C@H]4[C@H]3C[C@@H](OC(C)=O)[C@]23O[C@H]13. The number of esters is 2. The van der Waals surface area contributed by atoms with Crippen molar-refractivity contribution in [2.24, 2.45) is 46.3 Å². The molecule has 5 nitrogen and oxygen atoms in total. The first kappa shape index (κ1) is 26.5. The van der Waals surface area contributed by atoms with Crippen molar-refractivity contribution < 1.29 is 23.8 Å². The zero-order valence-corrected chi connectivity index (χ0v) is 23.8. The van der Waals surface area contributed by atoms with Crippen molar-refractivity contribution >= 4 is 11.9 Å². The molecule has 0 N–H and O–H groups in total. The average Bonchev–Trinajstić information content (AvgIpc) is 3.45. The Morgan fingerprint density at radius 3 is 2.31 bits per heavy atom. The standard InChI is InChI=1S/C31H50O5/c1-18(2)9-8-10-19(3)23-11-12-24-22-17-27(35-21(5)33)31-28(36-31)26(34-20(4)32)14-16-30(31,7)25(22)13-15-29(23,24)6/h18-19,22-28H,8-17H2,1-7H3/t19-,22-,23-,24+,25-,26+,27-,28-,29-,30-,31-/m1/s1. The predicted molar refractivity (Wildman–Crippen MR) is 139 cm³/mol. The minimum absolute atomic E-state index is 0.0420. The van der Waals surface area contributed by atoms with E-state index < -0.39 is 5.60 Å². The molecule has 1 aliphatic heterocycles. The Hall–Kier alpha value is -1.10. The van der Waals surface area contributed by atoms with Gasteiger partial charge in [0.05, 0.1) is 0 Å². The summed E-state index contributed by atoms with van der Waals surface area (Å²) in [6, 6.07) is 0. The lowest BCUT2D eigenvalue weighted by Gasteiger charge is -2.61. The number of carbonyl (C=O) groups is 2. The first-order valence-corrected chi connectivity index (χ1v) is 15.0. The molecule has 5 rings (SSSR count). The third-order valence-electron chi connectivity index (χ3n) is 11.9. The van der Waals surface area contributed by atoms with E-state index in [1.54, 1.807) is 0 Å². The summed E-state index contributed by atoms with van der Waals surface area (Å²) in [6.07, 6.45) is 11.4. The summed E-state index contributed by atoms with van der Waals surface area (Å²) >= 11 is 0. The second-order valence-corrected chi connectivity index (χ2v) is 14.2. The summed E-state index contributed by atoms with van der Waals surface area (Å²) in [4.78, 5) is 24.1. The molecular formula is C31H50O5. The maximum absolute atomic E-state index is 12.3. The minimum Gasteiger partial charge on any atom is -0.460 e. The lowest BCUT2D eigenvalue weighted by Crippen LogP contribution is -2.64. The number of ether oxygens (including phenoxy) is 3. The van der Waals surface area contributed by atoms with Gasteiger partial charge < -0.3 is 14.2 Å². The van der Waals surface area contributed by atoms with E-state index in [9.17, 15) is 9.59 Å². The molecule has 4 aliphatic carbocycles. The Labute approximate surface area is 218 Å². The summed E-state index contributed by atoms with van der Waals surface area (Å²) in [5, 5.41) is 0. The molecule has 0 amide bonds. The molecule has 5 aliphatic rings. The maximum Gasteiger partial charge on any atom is 0.303 e. The van der Waals surface area contributed by atoms with Gasteiger partial charge in [-0.1, -0.05) is 53.9 Å². The Morgan fingerprint density at radius 2 is 1.64 bits per heavy atom. The van der Waals surface area contributed by atoms with Crippen molar-refractivity contribution in [3.05, 3.63) is 0 Å². The molecular weight excluding hydrogens is 452 g/mol. The van der Waals surface area contributed by atoms with Crippen molar-refractivity contribution in [3.8, 4) is 0 Å². The molecule has 1 heterocycles. The van der Waals surface area contributed by atoms with Gasteiger partial charge in [0.15, 0.2) is 0 Å². The first-order chi connectivity index (χ1) is 16.9. The fourth-order valence-corrected chi connectivity index (χ4v) is 10.4. The highest BCUT2D eigenvalue weighted by Gasteiger charge is 2.81. The minimum atomic E-state index is -0.492. The van der Waals surface area contributed by atoms with Gasteiger partial charge in [0, 0.05) is 19.3 Å². The second kappa shape index (κ2) is 9.27. The van der Waals surface area contributed by atoms with Crippen molar-refractivity contribution in [2.75, 3.05) is 0 Å². The Morgan fingerprint density at radius 1 is 0.917 bits per heavy atom. The van der Waals surface area contributed by atoms with Crippen LogP contribution in [-0.2, 0) is 23.8 Å². The molecule has 1 saturated heterocycles. The van der Waals surface area contributed by atoms with Gasteiger partial charge in [-0.25, -0.2) is 0 Å². The van der Waals surface area contributed by atoms with E-state index in [0.29, 0.717) is 23.2 Å². The van der Waals surface area contributed by atoms with E-state index in [2.05, 4.69) is 34.6 Å². The van der Waals surface area contributed by atoms with Crippen molar-refractivity contribution in [1.29, 1.82) is 0 Å². The normalized spacial score (nSPS) is 47.7. The molecule has 4 saturated carbocycles. The first-order valence-electron chi connectivity index (χ1n) is 15.0. The Bertz CT molecular complexity index is 869. The van der Waals surface area contributed by atoms with E-state index in [1.807, 2.05) is 0 Å². The van der Waals surface area contributed by atoms with Crippen LogP contribution in [0.15, 0.2) is 0 Å². The van der Waals surface area contributed by atoms with Crippen molar-refractivity contribution in [3.63, 3.8) is 0 Å². The molecule has 204 valence electrons. The fourth-order valence-electron chi connectivity index (χ4n) is 10.4. The molecule has 0 unspecified atom stereocenters. The Kier molecular flexibility index (Phi) is 6.83. The Balaban J connectivity index is 1.39. The molecule has 0 aromatic heterocycles. The number of hydrogen-bond acceptors (Lipinski definition) is 5. The van der Waals surface area contributed by atoms with Crippen LogP contribution in [0.3, 0.4) is 0 Å². The van der Waals surface area contributed by atoms with E-state index in [-0.39, 0.29) is 35.7 Å². The van der Waals surface area contributed by atoms with Crippen molar-refractivity contribution in [1.82, 2.24) is 0 Å².